The summed E-state index contributed by atoms with van der Waals surface area (Å²) in [4.78, 5) is 12.0. The third kappa shape index (κ3) is 2.25. The molecule has 0 aliphatic heterocycles. The zero-order valence-electron chi connectivity index (χ0n) is 14.7. The maximum Gasteiger partial charge on any atom is 0.309 e. The minimum Gasteiger partial charge on any atom is -0.481 e. The Kier molecular flexibility index (Phi) is 3.94. The van der Waals surface area contributed by atoms with Crippen molar-refractivity contribution in [3.8, 4) is 0 Å². The highest BCUT2D eigenvalue weighted by atomic mass is 16.4. The summed E-state index contributed by atoms with van der Waals surface area (Å²) in [6, 6.07) is 0. The second kappa shape index (κ2) is 5.39. The Hall–Kier alpha value is -0.790. The highest BCUT2D eigenvalue weighted by Gasteiger charge is 2.57. The average Bonchev–Trinajstić information content (AvgIpc) is 2.46. The number of carboxylic acids is 1. The van der Waals surface area contributed by atoms with E-state index in [2.05, 4.69) is 26.8 Å². The monoisotopic (exact) mass is 304 g/mol. The van der Waals surface area contributed by atoms with Gasteiger partial charge >= 0.3 is 5.97 Å². The molecule has 5 unspecified atom stereocenters. The highest BCUT2D eigenvalue weighted by molar-refractivity contribution is 5.75. The molecule has 0 aromatic carbocycles. The number of hydrogen-bond donors (Lipinski definition) is 1. The predicted octanol–water partition coefficient (Wildman–Crippen LogP) is 5.29. The summed E-state index contributed by atoms with van der Waals surface area (Å²) in [5.74, 6) is 2.06. The van der Waals surface area contributed by atoms with Crippen LogP contribution < -0.4 is 0 Å². The molecule has 0 spiro atoms. The lowest BCUT2D eigenvalue weighted by atomic mass is 9.46. The summed E-state index contributed by atoms with van der Waals surface area (Å²) in [6.45, 7) is 9.08. The third-order valence-electron chi connectivity index (χ3n) is 7.49. The smallest absolute Gasteiger partial charge is 0.309 e. The van der Waals surface area contributed by atoms with Gasteiger partial charge in [0, 0.05) is 0 Å². The average molecular weight is 304 g/mol. The Morgan fingerprint density at radius 3 is 2.64 bits per heavy atom. The molecular weight excluding hydrogens is 272 g/mol. The lowest BCUT2D eigenvalue weighted by Crippen LogP contribution is -2.52. The van der Waals surface area contributed by atoms with E-state index in [4.69, 9.17) is 0 Å². The van der Waals surface area contributed by atoms with Crippen molar-refractivity contribution in [1.29, 1.82) is 0 Å². The van der Waals surface area contributed by atoms with Crippen LogP contribution in [-0.4, -0.2) is 11.1 Å². The van der Waals surface area contributed by atoms with Crippen molar-refractivity contribution < 1.29 is 9.90 Å². The van der Waals surface area contributed by atoms with Gasteiger partial charge in [0.15, 0.2) is 0 Å². The Bertz CT molecular complexity index is 492. The van der Waals surface area contributed by atoms with Crippen LogP contribution in [0.1, 0.15) is 72.6 Å². The number of allylic oxidation sites excluding steroid dienone is 2. The van der Waals surface area contributed by atoms with Crippen molar-refractivity contribution >= 4 is 5.97 Å². The van der Waals surface area contributed by atoms with E-state index in [9.17, 15) is 9.90 Å². The van der Waals surface area contributed by atoms with Gasteiger partial charge in [-0.25, -0.2) is 0 Å². The molecule has 0 aromatic heterocycles. The highest BCUT2D eigenvalue weighted by Crippen LogP contribution is 2.63. The lowest BCUT2D eigenvalue weighted by Gasteiger charge is -2.57. The lowest BCUT2D eigenvalue weighted by molar-refractivity contribution is -0.160. The van der Waals surface area contributed by atoms with Gasteiger partial charge in [0.05, 0.1) is 5.41 Å². The van der Waals surface area contributed by atoms with E-state index >= 15 is 0 Å². The Morgan fingerprint density at radius 2 is 2.00 bits per heavy atom. The van der Waals surface area contributed by atoms with Crippen molar-refractivity contribution in [1.82, 2.24) is 0 Å². The molecule has 0 aromatic rings. The fourth-order valence-corrected chi connectivity index (χ4v) is 6.03. The van der Waals surface area contributed by atoms with Crippen molar-refractivity contribution in [3.63, 3.8) is 0 Å². The fraction of sp³-hybridized carbons (Fsp3) is 0.850. The minimum atomic E-state index is -0.571. The van der Waals surface area contributed by atoms with Crippen LogP contribution in [0.3, 0.4) is 0 Å². The summed E-state index contributed by atoms with van der Waals surface area (Å²) in [6.07, 6.45) is 10.5. The first kappa shape index (κ1) is 16.1. The SMILES string of the molecule is CC(C)C1CC=C2C(CCC3C(C)(C(=O)O)CCCC23C)C1. The van der Waals surface area contributed by atoms with E-state index in [1.165, 1.54) is 25.7 Å². The Balaban J connectivity index is 1.94. The van der Waals surface area contributed by atoms with Gasteiger partial charge in [-0.3, -0.25) is 4.79 Å². The number of hydrogen-bond acceptors (Lipinski definition) is 1. The van der Waals surface area contributed by atoms with Crippen molar-refractivity contribution in [2.75, 3.05) is 0 Å². The minimum absolute atomic E-state index is 0.135. The molecule has 2 heteroatoms. The Labute approximate surface area is 135 Å². The van der Waals surface area contributed by atoms with Gasteiger partial charge in [0.2, 0.25) is 0 Å². The van der Waals surface area contributed by atoms with Gasteiger partial charge < -0.3 is 5.11 Å². The topological polar surface area (TPSA) is 37.3 Å². The van der Waals surface area contributed by atoms with Crippen LogP contribution in [0.5, 0.6) is 0 Å². The van der Waals surface area contributed by atoms with Gasteiger partial charge in [-0.15, -0.1) is 0 Å². The normalized spacial score (nSPS) is 45.0. The largest absolute Gasteiger partial charge is 0.481 e. The van der Waals surface area contributed by atoms with Crippen molar-refractivity contribution in [3.05, 3.63) is 11.6 Å². The molecule has 0 radical (unpaired) electrons. The molecular formula is C20H32O2. The van der Waals surface area contributed by atoms with E-state index in [0.717, 1.165) is 37.0 Å². The van der Waals surface area contributed by atoms with Crippen LogP contribution in [0, 0.1) is 34.5 Å². The van der Waals surface area contributed by atoms with Gasteiger partial charge in [0.1, 0.15) is 0 Å². The van der Waals surface area contributed by atoms with E-state index in [-0.39, 0.29) is 5.41 Å². The van der Waals surface area contributed by atoms with Crippen LogP contribution in [0.4, 0.5) is 0 Å². The molecule has 22 heavy (non-hydrogen) atoms. The molecule has 3 aliphatic carbocycles. The van der Waals surface area contributed by atoms with Gasteiger partial charge in [-0.1, -0.05) is 38.8 Å². The first-order chi connectivity index (χ1) is 10.3. The fourth-order valence-electron chi connectivity index (χ4n) is 6.03. The number of fused-ring (bicyclic) bond motifs is 3. The molecule has 1 N–H and O–H groups in total. The molecule has 2 fully saturated rings. The van der Waals surface area contributed by atoms with Crippen LogP contribution >= 0.6 is 0 Å². The maximum absolute atomic E-state index is 12.0. The molecule has 2 nitrogen and oxygen atoms in total. The van der Waals surface area contributed by atoms with Crippen LogP contribution in [0.2, 0.25) is 0 Å². The number of carboxylic acid groups (broad SMARTS) is 1. The van der Waals surface area contributed by atoms with Gasteiger partial charge in [-0.2, -0.15) is 0 Å². The van der Waals surface area contributed by atoms with Crippen molar-refractivity contribution in [2.24, 2.45) is 34.5 Å². The predicted molar refractivity (Wildman–Crippen MR) is 89.6 cm³/mol. The number of aliphatic carboxylic acids is 1. The quantitative estimate of drug-likeness (QED) is 0.704. The number of carbonyl (C=O) groups is 1. The van der Waals surface area contributed by atoms with Crippen molar-refractivity contribution in [2.45, 2.75) is 72.6 Å². The second-order valence-electron chi connectivity index (χ2n) is 8.96. The molecule has 0 saturated heterocycles. The third-order valence-corrected chi connectivity index (χ3v) is 7.49. The summed E-state index contributed by atoms with van der Waals surface area (Å²) in [5, 5.41) is 9.84. The van der Waals surface area contributed by atoms with Gasteiger partial charge in [-0.05, 0) is 74.5 Å². The summed E-state index contributed by atoms with van der Waals surface area (Å²) in [7, 11) is 0. The molecule has 2 saturated carbocycles. The summed E-state index contributed by atoms with van der Waals surface area (Å²) in [5.41, 5.74) is 1.25. The molecule has 3 rings (SSSR count). The van der Waals surface area contributed by atoms with E-state index in [0.29, 0.717) is 5.92 Å². The second-order valence-corrected chi connectivity index (χ2v) is 8.96. The van der Waals surface area contributed by atoms with Crippen LogP contribution in [0.25, 0.3) is 0 Å². The molecule has 0 heterocycles. The zero-order valence-corrected chi connectivity index (χ0v) is 14.7. The summed E-state index contributed by atoms with van der Waals surface area (Å²) < 4.78 is 0. The molecule has 0 bridgehead atoms. The summed E-state index contributed by atoms with van der Waals surface area (Å²) >= 11 is 0. The van der Waals surface area contributed by atoms with Gasteiger partial charge in [0.25, 0.3) is 0 Å². The van der Waals surface area contributed by atoms with E-state index in [1.807, 2.05) is 6.92 Å². The number of rotatable bonds is 2. The standard InChI is InChI=1S/C20H32O2/c1-13(2)14-6-8-16-15(12-14)7-9-17-19(16,3)10-5-11-20(17,4)18(21)22/h8,13-15,17H,5-7,9-12H2,1-4H3,(H,21,22). The molecule has 0 amide bonds. The Morgan fingerprint density at radius 1 is 1.27 bits per heavy atom. The molecule has 3 aliphatic rings. The first-order valence-electron chi connectivity index (χ1n) is 9.23. The molecule has 5 atom stereocenters. The molecule has 124 valence electrons. The van der Waals surface area contributed by atoms with E-state index in [1.54, 1.807) is 5.57 Å². The first-order valence-corrected chi connectivity index (χ1v) is 9.23. The van der Waals surface area contributed by atoms with Crippen LogP contribution in [0.15, 0.2) is 11.6 Å². The zero-order chi connectivity index (χ0) is 16.1. The van der Waals surface area contributed by atoms with Crippen LogP contribution in [-0.2, 0) is 4.79 Å². The maximum atomic E-state index is 12.0. The van der Waals surface area contributed by atoms with E-state index < -0.39 is 11.4 Å².